The molecule has 3 N–H and O–H groups in total. The number of nitrogens with zero attached hydrogens (tertiary/aromatic N) is 6. The Balaban J connectivity index is 1.36. The summed E-state index contributed by atoms with van der Waals surface area (Å²) in [5.74, 6) is 0.00740. The molecule has 1 aromatic carbocycles. The first-order valence-electron chi connectivity index (χ1n) is 9.92. The number of anilines is 5. The van der Waals surface area contributed by atoms with E-state index in [1.165, 1.54) is 4.80 Å². The highest BCUT2D eigenvalue weighted by Gasteiger charge is 2.36. The van der Waals surface area contributed by atoms with Crippen LogP contribution in [-0.4, -0.2) is 41.5 Å². The Morgan fingerprint density at radius 3 is 2.73 bits per heavy atom. The van der Waals surface area contributed by atoms with Gasteiger partial charge in [0, 0.05) is 5.69 Å². The van der Waals surface area contributed by atoms with Crippen molar-refractivity contribution in [2.45, 2.75) is 19.4 Å². The number of fused-ring (bicyclic) bond motifs is 1. The molecule has 1 aliphatic rings. The van der Waals surface area contributed by atoms with Gasteiger partial charge in [-0.2, -0.15) is 20.0 Å². The minimum absolute atomic E-state index is 0.0896. The minimum atomic E-state index is -1.01. The van der Waals surface area contributed by atoms with Crippen LogP contribution in [0.1, 0.15) is 13.8 Å². The quantitative estimate of drug-likeness (QED) is 0.422. The van der Waals surface area contributed by atoms with Gasteiger partial charge in [-0.05, 0) is 44.2 Å². The Morgan fingerprint density at radius 2 is 1.91 bits per heavy atom. The second-order valence-corrected chi connectivity index (χ2v) is 7.62. The van der Waals surface area contributed by atoms with Crippen molar-refractivity contribution in [3.8, 4) is 11.4 Å². The average Bonchev–Trinajstić information content (AvgIpc) is 3.32. The van der Waals surface area contributed by atoms with E-state index in [2.05, 4.69) is 41.1 Å². The maximum Gasteiger partial charge on any atom is 0.269 e. The van der Waals surface area contributed by atoms with Gasteiger partial charge in [-0.3, -0.25) is 4.79 Å². The fourth-order valence-electron chi connectivity index (χ4n) is 3.09. The predicted octanol–water partition coefficient (Wildman–Crippen LogP) is 3.19. The monoisotopic (exact) mass is 447 g/mol. The fourth-order valence-corrected chi connectivity index (χ4v) is 3.09. The molecule has 5 rings (SSSR count). The number of hydrogen-bond donors (Lipinski definition) is 3. The van der Waals surface area contributed by atoms with E-state index in [4.69, 9.17) is 4.74 Å². The van der Waals surface area contributed by atoms with Crippen molar-refractivity contribution >= 4 is 35.0 Å². The molecule has 1 amide bonds. The molecule has 33 heavy (non-hydrogen) atoms. The van der Waals surface area contributed by atoms with E-state index in [0.717, 1.165) is 11.9 Å². The number of hydrogen-bond acceptors (Lipinski definition) is 9. The predicted molar refractivity (Wildman–Crippen MR) is 117 cm³/mol. The van der Waals surface area contributed by atoms with Crippen molar-refractivity contribution in [3.63, 3.8) is 0 Å². The van der Waals surface area contributed by atoms with Crippen LogP contribution in [0.5, 0.6) is 5.75 Å². The number of carbonyl (C=O) groups is 1. The molecular formula is C21H18FN9O2. The number of rotatable bonds is 5. The third kappa shape index (κ3) is 4.13. The fraction of sp³-hybridized carbons (Fsp3) is 0.143. The van der Waals surface area contributed by atoms with Crippen molar-refractivity contribution in [2.75, 3.05) is 16.0 Å². The Kier molecular flexibility index (Phi) is 4.81. The van der Waals surface area contributed by atoms with E-state index in [0.29, 0.717) is 11.4 Å². The van der Waals surface area contributed by atoms with Crippen LogP contribution in [0.2, 0.25) is 0 Å². The number of ether oxygens (including phenoxy) is 1. The van der Waals surface area contributed by atoms with Crippen molar-refractivity contribution in [1.82, 2.24) is 29.9 Å². The lowest BCUT2D eigenvalue weighted by atomic mass is 10.1. The van der Waals surface area contributed by atoms with E-state index in [9.17, 15) is 9.18 Å². The van der Waals surface area contributed by atoms with Gasteiger partial charge in [0.05, 0.1) is 24.3 Å². The molecule has 0 atom stereocenters. The van der Waals surface area contributed by atoms with Gasteiger partial charge >= 0.3 is 0 Å². The van der Waals surface area contributed by atoms with E-state index in [-0.39, 0.29) is 29.3 Å². The molecule has 4 heterocycles. The molecule has 0 radical (unpaired) electrons. The van der Waals surface area contributed by atoms with Gasteiger partial charge in [0.2, 0.25) is 5.95 Å². The second-order valence-electron chi connectivity index (χ2n) is 7.62. The molecule has 0 saturated heterocycles. The summed E-state index contributed by atoms with van der Waals surface area (Å²) < 4.78 is 20.0. The summed E-state index contributed by atoms with van der Waals surface area (Å²) in [7, 11) is 0. The number of carbonyl (C=O) groups excluding carboxylic acids is 1. The molecule has 0 unspecified atom stereocenters. The molecule has 166 valence electrons. The summed E-state index contributed by atoms with van der Waals surface area (Å²) in [5, 5.41) is 16.7. The maximum absolute atomic E-state index is 14.4. The lowest BCUT2D eigenvalue weighted by molar-refractivity contribution is -0.129. The van der Waals surface area contributed by atoms with Crippen molar-refractivity contribution in [1.29, 1.82) is 0 Å². The zero-order valence-electron chi connectivity index (χ0n) is 17.6. The smallest absolute Gasteiger partial charge is 0.269 e. The highest BCUT2D eigenvalue weighted by Crippen LogP contribution is 2.33. The number of pyridine rings is 1. The number of halogens is 1. The minimum Gasteiger partial charge on any atom is -0.474 e. The molecule has 0 aliphatic carbocycles. The average molecular weight is 447 g/mol. The molecule has 4 aromatic rings. The first-order valence-corrected chi connectivity index (χ1v) is 9.92. The Labute approximate surface area is 187 Å². The highest BCUT2D eigenvalue weighted by atomic mass is 19.1. The van der Waals surface area contributed by atoms with Crippen LogP contribution < -0.4 is 20.7 Å². The zero-order chi connectivity index (χ0) is 23.0. The Morgan fingerprint density at radius 1 is 1.09 bits per heavy atom. The molecule has 0 spiro atoms. The maximum atomic E-state index is 14.4. The molecule has 0 fully saturated rings. The molecule has 0 bridgehead atoms. The van der Waals surface area contributed by atoms with Crippen molar-refractivity contribution in [3.05, 3.63) is 60.8 Å². The standard InChI is InChI=1S/C21H18FN9O2/c1-21(2)19(32)29-18-15(33-21)6-7-16(28-18)27-17-14(22)11-23-20(30-17)26-12-4-3-5-13(10-12)31-24-8-9-25-31/h3-11H,1-2H3,(H3,23,26,27,28,29,30,32). The number of amides is 1. The molecule has 3 aromatic heterocycles. The Hall–Kier alpha value is -4.61. The third-order valence-electron chi connectivity index (χ3n) is 4.74. The molecule has 12 heteroatoms. The van der Waals surface area contributed by atoms with Gasteiger partial charge in [-0.25, -0.2) is 14.4 Å². The summed E-state index contributed by atoms with van der Waals surface area (Å²) in [5.41, 5.74) is 0.390. The number of benzene rings is 1. The number of aromatic nitrogens is 6. The molecule has 1 aliphatic heterocycles. The molecule has 0 saturated carbocycles. The van der Waals surface area contributed by atoms with Crippen LogP contribution in [0.25, 0.3) is 5.69 Å². The lowest BCUT2D eigenvalue weighted by Gasteiger charge is -2.30. The third-order valence-corrected chi connectivity index (χ3v) is 4.74. The first kappa shape index (κ1) is 20.3. The summed E-state index contributed by atoms with van der Waals surface area (Å²) in [4.78, 5) is 26.1. The molecule has 11 nitrogen and oxygen atoms in total. The van der Waals surface area contributed by atoms with Crippen molar-refractivity contribution < 1.29 is 13.9 Å². The molecular weight excluding hydrogens is 429 g/mol. The number of nitrogens with one attached hydrogen (secondary N) is 3. The highest BCUT2D eigenvalue weighted by molar-refractivity contribution is 5.99. The van der Waals surface area contributed by atoms with E-state index in [1.54, 1.807) is 44.4 Å². The lowest BCUT2D eigenvalue weighted by Crippen LogP contribution is -2.46. The summed E-state index contributed by atoms with van der Waals surface area (Å²) in [6.45, 7) is 3.31. The van der Waals surface area contributed by atoms with E-state index < -0.39 is 11.4 Å². The SMILES string of the molecule is CC1(C)Oc2ccc(Nc3nc(Nc4cccc(-n5nccn5)c4)ncc3F)nc2NC1=O. The van der Waals surface area contributed by atoms with Crippen molar-refractivity contribution in [2.24, 2.45) is 0 Å². The van der Waals surface area contributed by atoms with Crippen LogP contribution in [-0.2, 0) is 4.79 Å². The largest absolute Gasteiger partial charge is 0.474 e. The van der Waals surface area contributed by atoms with Gasteiger partial charge in [-0.1, -0.05) is 6.07 Å². The van der Waals surface area contributed by atoms with Crippen LogP contribution in [0.3, 0.4) is 0 Å². The second kappa shape index (κ2) is 7.82. The van der Waals surface area contributed by atoms with Gasteiger partial charge in [-0.15, -0.1) is 0 Å². The summed E-state index contributed by atoms with van der Waals surface area (Å²) in [6.07, 6.45) is 4.20. The van der Waals surface area contributed by atoms with Crippen LogP contribution in [0, 0.1) is 5.82 Å². The van der Waals surface area contributed by atoms with Gasteiger partial charge in [0.15, 0.2) is 28.8 Å². The zero-order valence-corrected chi connectivity index (χ0v) is 17.6. The summed E-state index contributed by atoms with van der Waals surface area (Å²) in [6, 6.07) is 10.5. The van der Waals surface area contributed by atoms with E-state index >= 15 is 0 Å². The van der Waals surface area contributed by atoms with E-state index in [1.807, 2.05) is 18.2 Å². The van der Waals surface area contributed by atoms with Gasteiger partial charge < -0.3 is 20.7 Å². The normalized spacial score (nSPS) is 14.1. The summed E-state index contributed by atoms with van der Waals surface area (Å²) >= 11 is 0. The van der Waals surface area contributed by atoms with Crippen LogP contribution in [0.15, 0.2) is 55.0 Å². The van der Waals surface area contributed by atoms with Gasteiger partial charge in [0.1, 0.15) is 5.82 Å². The Bertz CT molecular complexity index is 1340. The topological polar surface area (TPSA) is 132 Å². The van der Waals surface area contributed by atoms with Crippen LogP contribution >= 0.6 is 0 Å². The van der Waals surface area contributed by atoms with Crippen LogP contribution in [0.4, 0.5) is 33.5 Å². The first-order chi connectivity index (χ1) is 15.9. The van der Waals surface area contributed by atoms with Gasteiger partial charge in [0.25, 0.3) is 5.91 Å².